The zero-order chi connectivity index (χ0) is 21.7. The molecule has 30 heavy (non-hydrogen) atoms. The van der Waals surface area contributed by atoms with Crippen LogP contribution in [-0.2, 0) is 21.2 Å². The topological polar surface area (TPSA) is 94.2 Å². The molecule has 0 aliphatic carbocycles. The maximum atomic E-state index is 12.8. The lowest BCUT2D eigenvalue weighted by Crippen LogP contribution is -2.30. The Balaban J connectivity index is 1.80. The first-order valence-corrected chi connectivity index (χ1v) is 11.2. The highest BCUT2D eigenvalue weighted by atomic mass is 32.2. The number of hydrogen-bond acceptors (Lipinski definition) is 6. The zero-order valence-electron chi connectivity index (χ0n) is 17.3. The van der Waals surface area contributed by atoms with Gasteiger partial charge in [-0.2, -0.15) is 4.31 Å². The number of methoxy groups -OCH3 is 1. The Morgan fingerprint density at radius 3 is 2.43 bits per heavy atom. The van der Waals surface area contributed by atoms with Gasteiger partial charge in [-0.25, -0.2) is 8.42 Å². The molecular weight excluding hydrogens is 408 g/mol. The first-order valence-electron chi connectivity index (χ1n) is 9.75. The van der Waals surface area contributed by atoms with Crippen molar-refractivity contribution in [1.82, 2.24) is 4.31 Å². The van der Waals surface area contributed by atoms with E-state index in [1.807, 2.05) is 0 Å². The molecule has 9 heteroatoms. The van der Waals surface area contributed by atoms with Crippen LogP contribution in [0.5, 0.6) is 17.2 Å². The molecule has 1 heterocycles. The van der Waals surface area contributed by atoms with Gasteiger partial charge in [-0.3, -0.25) is 4.79 Å². The second-order valence-electron chi connectivity index (χ2n) is 6.65. The van der Waals surface area contributed by atoms with Crippen molar-refractivity contribution in [3.8, 4) is 17.2 Å². The average molecular weight is 435 g/mol. The second kappa shape index (κ2) is 9.36. The predicted octanol–water partition coefficient (Wildman–Crippen LogP) is 2.68. The fourth-order valence-electron chi connectivity index (χ4n) is 3.24. The molecule has 0 atom stereocenters. The summed E-state index contributed by atoms with van der Waals surface area (Å²) in [6.07, 6.45) is 0.0901. The molecule has 0 spiro atoms. The van der Waals surface area contributed by atoms with Crippen LogP contribution in [0.25, 0.3) is 0 Å². The second-order valence-corrected chi connectivity index (χ2v) is 8.59. The Morgan fingerprint density at radius 1 is 1.07 bits per heavy atom. The van der Waals surface area contributed by atoms with Gasteiger partial charge in [0.05, 0.1) is 24.1 Å². The van der Waals surface area contributed by atoms with Crippen molar-refractivity contribution in [2.75, 3.05) is 38.7 Å². The van der Waals surface area contributed by atoms with E-state index in [-0.39, 0.29) is 17.2 Å². The van der Waals surface area contributed by atoms with Crippen molar-refractivity contribution in [3.63, 3.8) is 0 Å². The van der Waals surface area contributed by atoms with Crippen LogP contribution in [0, 0.1) is 0 Å². The quantitative estimate of drug-likeness (QED) is 0.687. The third-order valence-electron chi connectivity index (χ3n) is 4.76. The molecular formula is C21H26N2O6S. The third kappa shape index (κ3) is 4.68. The van der Waals surface area contributed by atoms with E-state index in [1.54, 1.807) is 32.0 Å². The number of nitrogens with zero attached hydrogens (tertiary/aromatic N) is 1. The van der Waals surface area contributed by atoms with Gasteiger partial charge in [0.2, 0.25) is 15.9 Å². The number of carbonyl (C=O) groups is 1. The highest BCUT2D eigenvalue weighted by Crippen LogP contribution is 2.32. The molecule has 0 saturated carbocycles. The van der Waals surface area contributed by atoms with Crippen molar-refractivity contribution in [3.05, 3.63) is 42.0 Å². The van der Waals surface area contributed by atoms with Gasteiger partial charge in [0.15, 0.2) is 11.5 Å². The Kier molecular flexibility index (Phi) is 6.84. The molecule has 8 nitrogen and oxygen atoms in total. The fourth-order valence-corrected chi connectivity index (χ4v) is 4.72. The van der Waals surface area contributed by atoms with Gasteiger partial charge in [0.25, 0.3) is 0 Å². The lowest BCUT2D eigenvalue weighted by molar-refractivity contribution is -0.115. The summed E-state index contributed by atoms with van der Waals surface area (Å²) in [4.78, 5) is 12.7. The predicted molar refractivity (Wildman–Crippen MR) is 113 cm³/mol. The third-order valence-corrected chi connectivity index (χ3v) is 6.81. The van der Waals surface area contributed by atoms with Crippen LogP contribution < -0.4 is 19.5 Å². The van der Waals surface area contributed by atoms with Crippen molar-refractivity contribution in [2.24, 2.45) is 0 Å². The molecule has 0 aromatic heterocycles. The maximum absolute atomic E-state index is 12.8. The van der Waals surface area contributed by atoms with Crippen LogP contribution in [0.3, 0.4) is 0 Å². The molecule has 1 aliphatic heterocycles. The number of carbonyl (C=O) groups excluding carboxylic acids is 1. The number of sulfonamides is 1. The van der Waals surface area contributed by atoms with E-state index >= 15 is 0 Å². The minimum Gasteiger partial charge on any atom is -0.495 e. The SMILES string of the molecule is CCN(CC)S(=O)(=O)c1ccc(OC)c(NC(=O)Cc2ccc3c(c2)OCCO3)c1. The maximum Gasteiger partial charge on any atom is 0.243 e. The van der Waals surface area contributed by atoms with Gasteiger partial charge in [0, 0.05) is 13.1 Å². The van der Waals surface area contributed by atoms with Crippen LogP contribution >= 0.6 is 0 Å². The molecule has 0 bridgehead atoms. The van der Waals surface area contributed by atoms with Crippen LogP contribution in [0.1, 0.15) is 19.4 Å². The Hall–Kier alpha value is -2.78. The molecule has 2 aromatic rings. The number of amides is 1. The van der Waals surface area contributed by atoms with E-state index in [0.29, 0.717) is 49.2 Å². The van der Waals surface area contributed by atoms with Crippen molar-refractivity contribution in [1.29, 1.82) is 0 Å². The number of benzene rings is 2. The molecule has 0 unspecified atom stereocenters. The van der Waals surface area contributed by atoms with Gasteiger partial charge in [-0.1, -0.05) is 19.9 Å². The first kappa shape index (κ1) is 21.9. The minimum absolute atomic E-state index is 0.0901. The largest absolute Gasteiger partial charge is 0.495 e. The highest BCUT2D eigenvalue weighted by Gasteiger charge is 2.23. The van der Waals surface area contributed by atoms with Gasteiger partial charge >= 0.3 is 0 Å². The van der Waals surface area contributed by atoms with Crippen molar-refractivity contribution < 1.29 is 27.4 Å². The van der Waals surface area contributed by atoms with Crippen LogP contribution in [-0.4, -0.2) is 52.0 Å². The van der Waals surface area contributed by atoms with Gasteiger partial charge in [-0.15, -0.1) is 0 Å². The smallest absolute Gasteiger partial charge is 0.243 e. The zero-order valence-corrected chi connectivity index (χ0v) is 18.1. The summed E-state index contributed by atoms with van der Waals surface area (Å²) in [7, 11) is -2.19. The summed E-state index contributed by atoms with van der Waals surface area (Å²) in [6.45, 7) is 5.24. The molecule has 1 N–H and O–H groups in total. The van der Waals surface area contributed by atoms with E-state index in [1.165, 1.54) is 29.6 Å². The molecule has 0 fully saturated rings. The molecule has 1 amide bonds. The van der Waals surface area contributed by atoms with Gasteiger partial charge in [0.1, 0.15) is 19.0 Å². The summed E-state index contributed by atoms with van der Waals surface area (Å²) in [5, 5.41) is 2.76. The molecule has 2 aromatic carbocycles. The molecule has 3 rings (SSSR count). The fraction of sp³-hybridized carbons (Fsp3) is 0.381. The number of fused-ring (bicyclic) bond motifs is 1. The summed E-state index contributed by atoms with van der Waals surface area (Å²) in [6, 6.07) is 9.78. The van der Waals surface area contributed by atoms with E-state index in [9.17, 15) is 13.2 Å². The Bertz CT molecular complexity index is 1020. The van der Waals surface area contributed by atoms with Crippen LogP contribution in [0.15, 0.2) is 41.3 Å². The molecule has 162 valence electrons. The standard InChI is InChI=1S/C21H26N2O6S/c1-4-23(5-2)30(25,26)16-7-9-18(27-3)17(14-16)22-21(24)13-15-6-8-19-20(12-15)29-11-10-28-19/h6-9,12,14H,4-5,10-11,13H2,1-3H3,(H,22,24). The first-order chi connectivity index (χ1) is 14.4. The molecule has 0 radical (unpaired) electrons. The monoisotopic (exact) mass is 434 g/mol. The van der Waals surface area contributed by atoms with E-state index in [4.69, 9.17) is 14.2 Å². The van der Waals surface area contributed by atoms with Crippen molar-refractivity contribution in [2.45, 2.75) is 25.2 Å². The normalized spacial score (nSPS) is 13.2. The van der Waals surface area contributed by atoms with E-state index in [2.05, 4.69) is 5.32 Å². The Labute approximate surface area is 176 Å². The van der Waals surface area contributed by atoms with Crippen LogP contribution in [0.4, 0.5) is 5.69 Å². The van der Waals surface area contributed by atoms with E-state index < -0.39 is 10.0 Å². The lowest BCUT2D eigenvalue weighted by atomic mass is 10.1. The lowest BCUT2D eigenvalue weighted by Gasteiger charge is -2.20. The number of anilines is 1. The summed E-state index contributed by atoms with van der Waals surface area (Å²) in [5.74, 6) is 1.34. The minimum atomic E-state index is -3.66. The average Bonchev–Trinajstić information content (AvgIpc) is 2.74. The van der Waals surface area contributed by atoms with Crippen molar-refractivity contribution >= 4 is 21.6 Å². The number of rotatable bonds is 8. The van der Waals surface area contributed by atoms with E-state index in [0.717, 1.165) is 5.56 Å². The Morgan fingerprint density at radius 2 is 1.77 bits per heavy atom. The van der Waals surface area contributed by atoms with Crippen LogP contribution in [0.2, 0.25) is 0 Å². The van der Waals surface area contributed by atoms with Gasteiger partial charge < -0.3 is 19.5 Å². The highest BCUT2D eigenvalue weighted by molar-refractivity contribution is 7.89. The van der Waals surface area contributed by atoms with Gasteiger partial charge in [-0.05, 0) is 35.9 Å². The number of hydrogen-bond donors (Lipinski definition) is 1. The summed E-state index contributed by atoms with van der Waals surface area (Å²) in [5.41, 5.74) is 1.05. The number of ether oxygens (including phenoxy) is 3. The summed E-state index contributed by atoms with van der Waals surface area (Å²) >= 11 is 0. The molecule has 1 aliphatic rings. The number of nitrogens with one attached hydrogen (secondary N) is 1. The molecule has 0 saturated heterocycles. The summed E-state index contributed by atoms with van der Waals surface area (Å²) < 4.78 is 43.3.